The van der Waals surface area contributed by atoms with Gasteiger partial charge in [-0.15, -0.1) is 0 Å². The van der Waals surface area contributed by atoms with Crippen molar-refractivity contribution in [2.24, 2.45) is 0 Å². The van der Waals surface area contributed by atoms with Crippen LogP contribution < -0.4 is 0 Å². The number of hydrogen-bond acceptors (Lipinski definition) is 4. The number of carbonyl (C=O) groups is 1. The molecule has 0 N–H and O–H groups in total. The predicted octanol–water partition coefficient (Wildman–Crippen LogP) is 7.57. The Morgan fingerprint density at radius 2 is 1.53 bits per heavy atom. The normalized spacial score (nSPS) is 12.2. The first-order chi connectivity index (χ1) is 15.6. The van der Waals surface area contributed by atoms with Gasteiger partial charge in [0.15, 0.2) is 5.82 Å². The molecule has 0 saturated heterocycles. The summed E-state index contributed by atoms with van der Waals surface area (Å²) in [5.74, 6) is 0.442. The van der Waals surface area contributed by atoms with Crippen molar-refractivity contribution in [1.29, 1.82) is 0 Å². The van der Waals surface area contributed by atoms with Gasteiger partial charge in [0, 0.05) is 24.0 Å². The second-order valence-electron chi connectivity index (χ2n) is 8.63. The van der Waals surface area contributed by atoms with Crippen LogP contribution in [-0.2, 0) is 16.0 Å². The van der Waals surface area contributed by atoms with E-state index in [2.05, 4.69) is 23.8 Å². The lowest BCUT2D eigenvalue weighted by Gasteiger charge is -2.11. The monoisotopic (exact) mass is 436 g/mol. The van der Waals surface area contributed by atoms with Gasteiger partial charge in [-0.3, -0.25) is 0 Å². The summed E-state index contributed by atoms with van der Waals surface area (Å²) in [4.78, 5) is 21.1. The molecule has 1 aromatic carbocycles. The fourth-order valence-electron chi connectivity index (χ4n) is 3.63. The largest absolute Gasteiger partial charge is 0.460 e. The fourth-order valence-corrected chi connectivity index (χ4v) is 3.63. The van der Waals surface area contributed by atoms with Crippen LogP contribution in [0.25, 0.3) is 17.5 Å². The van der Waals surface area contributed by atoms with E-state index in [9.17, 15) is 4.79 Å². The van der Waals surface area contributed by atoms with Crippen molar-refractivity contribution >= 4 is 12.0 Å². The summed E-state index contributed by atoms with van der Waals surface area (Å²) in [5.41, 5.74) is 3.12. The average Bonchev–Trinajstić information content (AvgIpc) is 2.81. The van der Waals surface area contributed by atoms with E-state index >= 15 is 0 Å². The maximum absolute atomic E-state index is 12.0. The molecule has 1 aromatic heterocycles. The van der Waals surface area contributed by atoms with Crippen LogP contribution in [0.5, 0.6) is 0 Å². The van der Waals surface area contributed by atoms with Gasteiger partial charge in [0.05, 0.1) is 6.10 Å². The van der Waals surface area contributed by atoms with Crippen molar-refractivity contribution in [3.63, 3.8) is 0 Å². The number of hydrogen-bond donors (Lipinski definition) is 0. The minimum atomic E-state index is -0.286. The standard InChI is InChI=1S/C28H40N2O2/c1-4-6-8-10-12-14-25-21-29-28(30-22-25)26-18-15-24(16-19-26)17-20-27(31)32-23(3)13-11-9-7-5-2/h15-23H,4-14H2,1-3H3. The maximum Gasteiger partial charge on any atom is 0.331 e. The molecule has 2 rings (SSSR count). The van der Waals surface area contributed by atoms with Crippen LogP contribution in [0.2, 0.25) is 0 Å². The molecule has 4 heteroatoms. The molecular formula is C28H40N2O2. The highest BCUT2D eigenvalue weighted by Crippen LogP contribution is 2.17. The second-order valence-corrected chi connectivity index (χ2v) is 8.63. The van der Waals surface area contributed by atoms with E-state index in [1.54, 1.807) is 6.08 Å². The van der Waals surface area contributed by atoms with E-state index < -0.39 is 0 Å². The third kappa shape index (κ3) is 10.2. The van der Waals surface area contributed by atoms with Gasteiger partial charge in [0.1, 0.15) is 0 Å². The van der Waals surface area contributed by atoms with E-state index in [-0.39, 0.29) is 12.1 Å². The molecule has 1 heterocycles. The van der Waals surface area contributed by atoms with Crippen molar-refractivity contribution in [3.05, 3.63) is 53.9 Å². The number of nitrogens with zero attached hydrogens (tertiary/aromatic N) is 2. The molecule has 0 saturated carbocycles. The summed E-state index contributed by atoms with van der Waals surface area (Å²) in [7, 11) is 0. The molecule has 0 spiro atoms. The van der Waals surface area contributed by atoms with Crippen molar-refractivity contribution in [3.8, 4) is 11.4 Å². The molecule has 1 unspecified atom stereocenters. The van der Waals surface area contributed by atoms with Gasteiger partial charge >= 0.3 is 5.97 Å². The molecule has 0 bridgehead atoms. The number of rotatable bonds is 15. The van der Waals surface area contributed by atoms with Crippen molar-refractivity contribution < 1.29 is 9.53 Å². The quantitative estimate of drug-likeness (QED) is 0.164. The first-order valence-electron chi connectivity index (χ1n) is 12.4. The maximum atomic E-state index is 12.0. The minimum Gasteiger partial charge on any atom is -0.460 e. The summed E-state index contributed by atoms with van der Waals surface area (Å²) in [5, 5.41) is 0. The van der Waals surface area contributed by atoms with E-state index in [0.717, 1.165) is 36.2 Å². The zero-order chi connectivity index (χ0) is 23.0. The second kappa shape index (κ2) is 15.3. The molecule has 2 aromatic rings. The molecule has 32 heavy (non-hydrogen) atoms. The van der Waals surface area contributed by atoms with E-state index in [4.69, 9.17) is 4.74 Å². The van der Waals surface area contributed by atoms with Gasteiger partial charge in [-0.2, -0.15) is 0 Å². The van der Waals surface area contributed by atoms with Crippen LogP contribution in [0.4, 0.5) is 0 Å². The molecule has 0 aliphatic carbocycles. The Hall–Kier alpha value is -2.49. The molecule has 4 nitrogen and oxygen atoms in total. The topological polar surface area (TPSA) is 52.1 Å². The van der Waals surface area contributed by atoms with Crippen LogP contribution in [0.1, 0.15) is 96.1 Å². The smallest absolute Gasteiger partial charge is 0.331 e. The highest BCUT2D eigenvalue weighted by molar-refractivity contribution is 5.87. The van der Waals surface area contributed by atoms with Gasteiger partial charge in [-0.05, 0) is 49.8 Å². The van der Waals surface area contributed by atoms with Gasteiger partial charge in [0.2, 0.25) is 0 Å². The molecular weight excluding hydrogens is 396 g/mol. The van der Waals surface area contributed by atoms with Crippen molar-refractivity contribution in [2.75, 3.05) is 0 Å². The van der Waals surface area contributed by atoms with Crippen molar-refractivity contribution in [2.45, 2.75) is 97.5 Å². The van der Waals surface area contributed by atoms with E-state index in [1.807, 2.05) is 43.6 Å². The number of ether oxygens (including phenoxy) is 1. The van der Waals surface area contributed by atoms with Crippen LogP contribution in [0.3, 0.4) is 0 Å². The number of aromatic nitrogens is 2. The van der Waals surface area contributed by atoms with Crippen LogP contribution in [0, 0.1) is 0 Å². The summed E-state index contributed by atoms with van der Waals surface area (Å²) < 4.78 is 5.46. The molecule has 0 aliphatic heterocycles. The zero-order valence-corrected chi connectivity index (χ0v) is 20.2. The van der Waals surface area contributed by atoms with Crippen LogP contribution in [-0.4, -0.2) is 22.0 Å². The highest BCUT2D eigenvalue weighted by atomic mass is 16.5. The first kappa shape index (κ1) is 25.8. The third-order valence-electron chi connectivity index (χ3n) is 5.64. The van der Waals surface area contributed by atoms with Gasteiger partial charge in [-0.25, -0.2) is 14.8 Å². The van der Waals surface area contributed by atoms with Crippen LogP contribution >= 0.6 is 0 Å². The number of esters is 1. The summed E-state index contributed by atoms with van der Waals surface area (Å²) in [6.45, 7) is 6.39. The number of benzene rings is 1. The number of unbranched alkanes of at least 4 members (excludes halogenated alkanes) is 7. The number of aryl methyl sites for hydroxylation is 1. The molecule has 174 valence electrons. The van der Waals surface area contributed by atoms with Gasteiger partial charge in [-0.1, -0.05) is 83.1 Å². The van der Waals surface area contributed by atoms with E-state index in [0.29, 0.717) is 0 Å². The Morgan fingerprint density at radius 1 is 0.906 bits per heavy atom. The summed E-state index contributed by atoms with van der Waals surface area (Å²) in [6.07, 6.45) is 20.2. The molecule has 0 radical (unpaired) electrons. The SMILES string of the molecule is CCCCCCCc1cnc(-c2ccc(C=CC(=O)OC(C)CCCCCC)cc2)nc1. The first-order valence-corrected chi connectivity index (χ1v) is 12.4. The Kier molecular flexibility index (Phi) is 12.3. The lowest BCUT2D eigenvalue weighted by Crippen LogP contribution is -2.12. The number of carbonyl (C=O) groups excluding carboxylic acids is 1. The lowest BCUT2D eigenvalue weighted by molar-refractivity contribution is -0.142. The Bertz CT molecular complexity index is 797. The Morgan fingerprint density at radius 3 is 2.19 bits per heavy atom. The summed E-state index contributed by atoms with van der Waals surface area (Å²) in [6, 6.07) is 7.92. The lowest BCUT2D eigenvalue weighted by atomic mass is 10.1. The molecule has 0 fully saturated rings. The van der Waals surface area contributed by atoms with Gasteiger partial charge < -0.3 is 4.74 Å². The fraction of sp³-hybridized carbons (Fsp3) is 0.536. The third-order valence-corrected chi connectivity index (χ3v) is 5.64. The molecule has 1 atom stereocenters. The Balaban J connectivity index is 1.79. The van der Waals surface area contributed by atoms with E-state index in [1.165, 1.54) is 63.0 Å². The van der Waals surface area contributed by atoms with Gasteiger partial charge in [0.25, 0.3) is 0 Å². The highest BCUT2D eigenvalue weighted by Gasteiger charge is 2.07. The predicted molar refractivity (Wildman–Crippen MR) is 133 cm³/mol. The summed E-state index contributed by atoms with van der Waals surface area (Å²) >= 11 is 0. The van der Waals surface area contributed by atoms with Crippen molar-refractivity contribution in [1.82, 2.24) is 9.97 Å². The molecule has 0 amide bonds. The molecule has 0 aliphatic rings. The Labute approximate surface area is 194 Å². The zero-order valence-electron chi connectivity index (χ0n) is 20.2. The minimum absolute atomic E-state index is 0.0390. The average molecular weight is 437 g/mol. The van der Waals surface area contributed by atoms with Crippen LogP contribution in [0.15, 0.2) is 42.7 Å².